The number of aromatic carboxylic acids is 1. The van der Waals surface area contributed by atoms with E-state index in [1.807, 2.05) is 0 Å². The van der Waals surface area contributed by atoms with Gasteiger partial charge in [-0.25, -0.2) is 4.79 Å². The van der Waals surface area contributed by atoms with E-state index in [2.05, 4.69) is 4.98 Å². The van der Waals surface area contributed by atoms with Gasteiger partial charge in [-0.05, 0) is 6.07 Å². The van der Waals surface area contributed by atoms with Gasteiger partial charge in [0, 0.05) is 6.07 Å². The second-order valence-electron chi connectivity index (χ2n) is 2.60. The van der Waals surface area contributed by atoms with Crippen molar-refractivity contribution in [3.63, 3.8) is 0 Å². The van der Waals surface area contributed by atoms with Gasteiger partial charge >= 0.3 is 18.9 Å². The lowest BCUT2D eigenvalue weighted by Gasteiger charge is -1.94. The average molecular weight is 252 g/mol. The van der Waals surface area contributed by atoms with Gasteiger partial charge in [-0.1, -0.05) is 0 Å². The Morgan fingerprint density at radius 1 is 1.29 bits per heavy atom. The standard InChI is InChI=1S/C7H4N2O3.BF4/c8-9-4-1-2-6(10)5(3-4)7(11)12;2-1(3,4)5/h1-3H,(H-,10,11,12);/q;-1/p+1. The van der Waals surface area contributed by atoms with E-state index in [0.29, 0.717) is 0 Å². The zero-order chi connectivity index (χ0) is 13.6. The molecule has 0 fully saturated rings. The molecule has 1 rings (SSSR count). The molecule has 1 aromatic rings. The molecule has 0 aliphatic heterocycles. The van der Waals surface area contributed by atoms with E-state index in [4.69, 9.17) is 15.6 Å². The van der Waals surface area contributed by atoms with Crippen LogP contribution in [-0.4, -0.2) is 23.4 Å². The van der Waals surface area contributed by atoms with E-state index in [0.717, 1.165) is 12.1 Å². The summed E-state index contributed by atoms with van der Waals surface area (Å²) < 4.78 is 39.0. The Morgan fingerprint density at radius 3 is 2.12 bits per heavy atom. The van der Waals surface area contributed by atoms with Crippen LogP contribution < -0.4 is 0 Å². The number of aromatic hydroxyl groups is 1. The molecular weight excluding hydrogens is 247 g/mol. The van der Waals surface area contributed by atoms with Gasteiger partial charge in [-0.3, -0.25) is 0 Å². The maximum Gasteiger partial charge on any atom is 0.673 e. The highest BCUT2D eigenvalue weighted by Crippen LogP contribution is 2.22. The largest absolute Gasteiger partial charge is 0.673 e. The molecule has 1 aromatic carbocycles. The number of carboxylic acids is 1. The number of benzene rings is 1. The van der Waals surface area contributed by atoms with Crippen LogP contribution in [0.4, 0.5) is 23.0 Å². The van der Waals surface area contributed by atoms with Crippen molar-refractivity contribution in [2.75, 3.05) is 0 Å². The van der Waals surface area contributed by atoms with Crippen LogP contribution in [-0.2, 0) is 0 Å². The number of hydrogen-bond acceptors (Lipinski definition) is 3. The first kappa shape index (κ1) is 14.7. The predicted molar refractivity (Wildman–Crippen MR) is 50.0 cm³/mol. The van der Waals surface area contributed by atoms with E-state index in [1.54, 1.807) is 0 Å². The zero-order valence-corrected chi connectivity index (χ0v) is 8.02. The highest BCUT2D eigenvalue weighted by Gasteiger charge is 2.20. The van der Waals surface area contributed by atoms with Crippen molar-refractivity contribution in [1.29, 1.82) is 5.39 Å². The molecule has 0 bridgehead atoms. The van der Waals surface area contributed by atoms with Crippen LogP contribution >= 0.6 is 0 Å². The molecule has 0 spiro atoms. The Balaban J connectivity index is 0.000000437. The van der Waals surface area contributed by atoms with Gasteiger partial charge in [0.1, 0.15) is 11.3 Å². The van der Waals surface area contributed by atoms with Crippen LogP contribution in [0.2, 0.25) is 0 Å². The minimum Gasteiger partial charge on any atom is -0.507 e. The zero-order valence-electron chi connectivity index (χ0n) is 8.02. The third-order valence-corrected chi connectivity index (χ3v) is 1.33. The van der Waals surface area contributed by atoms with Gasteiger partial charge < -0.3 is 27.5 Å². The fourth-order valence-corrected chi connectivity index (χ4v) is 0.758. The molecule has 5 nitrogen and oxygen atoms in total. The second-order valence-corrected chi connectivity index (χ2v) is 2.60. The first-order chi connectivity index (χ1) is 7.65. The molecule has 0 saturated heterocycles. The van der Waals surface area contributed by atoms with E-state index < -0.39 is 13.2 Å². The van der Waals surface area contributed by atoms with Gasteiger partial charge in [0.15, 0.2) is 4.98 Å². The average Bonchev–Trinajstić information content (AvgIpc) is 2.15. The molecule has 92 valence electrons. The van der Waals surface area contributed by atoms with Crippen molar-refractivity contribution in [2.45, 2.75) is 0 Å². The summed E-state index contributed by atoms with van der Waals surface area (Å²) in [6.07, 6.45) is 0. The Kier molecular flexibility index (Phi) is 4.92. The summed E-state index contributed by atoms with van der Waals surface area (Å²) in [5.74, 6) is -1.62. The summed E-state index contributed by atoms with van der Waals surface area (Å²) in [5.41, 5.74) is -0.199. The fraction of sp³-hybridized carbons (Fsp3) is 0. The molecule has 0 radical (unpaired) electrons. The van der Waals surface area contributed by atoms with Crippen LogP contribution in [0, 0.1) is 5.39 Å². The molecule has 0 saturated carbocycles. The third-order valence-electron chi connectivity index (χ3n) is 1.33. The molecule has 0 aromatic heterocycles. The van der Waals surface area contributed by atoms with Crippen LogP contribution in [0.15, 0.2) is 18.2 Å². The number of carbonyl (C=O) groups is 1. The SMILES string of the molecule is F[B-](F)(F)F.N#[N+]c1ccc(O)c(C(=O)O)c1. The summed E-state index contributed by atoms with van der Waals surface area (Å²) in [6.45, 7) is 0. The number of rotatable bonds is 1. The molecule has 17 heavy (non-hydrogen) atoms. The summed E-state index contributed by atoms with van der Waals surface area (Å²) in [4.78, 5) is 13.2. The normalized spacial score (nSPS) is 9.82. The Bertz CT molecular complexity index is 451. The molecule has 0 heterocycles. The maximum atomic E-state index is 10.4. The highest BCUT2D eigenvalue weighted by molar-refractivity contribution is 6.50. The molecule has 10 heteroatoms. The van der Waals surface area contributed by atoms with Crippen LogP contribution in [0.3, 0.4) is 0 Å². The van der Waals surface area contributed by atoms with Crippen molar-refractivity contribution in [3.05, 3.63) is 28.7 Å². The Hall–Kier alpha value is -2.31. The molecule has 0 unspecified atom stereocenters. The first-order valence-electron chi connectivity index (χ1n) is 3.94. The van der Waals surface area contributed by atoms with Crippen LogP contribution in [0.25, 0.3) is 4.98 Å². The highest BCUT2D eigenvalue weighted by atomic mass is 19.5. The summed E-state index contributed by atoms with van der Waals surface area (Å²) in [6, 6.07) is 3.51. The predicted octanol–water partition coefficient (Wildman–Crippen LogP) is 2.87. The third kappa shape index (κ3) is 6.72. The van der Waals surface area contributed by atoms with Gasteiger partial charge in [-0.2, -0.15) is 0 Å². The summed E-state index contributed by atoms with van der Waals surface area (Å²) >= 11 is 0. The van der Waals surface area contributed by atoms with E-state index in [9.17, 15) is 22.1 Å². The van der Waals surface area contributed by atoms with Gasteiger partial charge in [0.2, 0.25) is 5.39 Å². The van der Waals surface area contributed by atoms with Crippen LogP contribution in [0.1, 0.15) is 10.4 Å². The number of diazo groups is 1. The molecular formula is C7H5BF4N2O3. The van der Waals surface area contributed by atoms with E-state index >= 15 is 0 Å². The smallest absolute Gasteiger partial charge is 0.507 e. The molecule has 0 aliphatic rings. The van der Waals surface area contributed by atoms with E-state index in [-0.39, 0.29) is 17.0 Å². The van der Waals surface area contributed by atoms with Gasteiger partial charge in [0.25, 0.3) is 0 Å². The van der Waals surface area contributed by atoms with Gasteiger partial charge in [0.05, 0.1) is 6.07 Å². The van der Waals surface area contributed by atoms with Crippen molar-refractivity contribution >= 4 is 18.9 Å². The molecule has 0 aliphatic carbocycles. The minimum atomic E-state index is -6.00. The summed E-state index contributed by atoms with van der Waals surface area (Å²) in [5, 5.41) is 25.8. The lowest BCUT2D eigenvalue weighted by molar-refractivity contribution is 0.0693. The van der Waals surface area contributed by atoms with Crippen molar-refractivity contribution in [1.82, 2.24) is 0 Å². The maximum absolute atomic E-state index is 10.4. The minimum absolute atomic E-state index is 0.0881. The monoisotopic (exact) mass is 252 g/mol. The molecule has 2 N–H and O–H groups in total. The topological polar surface area (TPSA) is 85.7 Å². The number of nitrogens with zero attached hydrogens (tertiary/aromatic N) is 2. The number of halogens is 4. The Morgan fingerprint density at radius 2 is 1.76 bits per heavy atom. The lowest BCUT2D eigenvalue weighted by Crippen LogP contribution is -2.02. The first-order valence-corrected chi connectivity index (χ1v) is 3.94. The second kappa shape index (κ2) is 5.69. The summed E-state index contributed by atoms with van der Waals surface area (Å²) in [7, 11) is -6.00. The van der Waals surface area contributed by atoms with Crippen molar-refractivity contribution < 1.29 is 32.3 Å². The van der Waals surface area contributed by atoms with Crippen LogP contribution in [0.5, 0.6) is 5.75 Å². The number of carboxylic acid groups (broad SMARTS) is 1. The molecule has 0 atom stereocenters. The van der Waals surface area contributed by atoms with E-state index in [1.165, 1.54) is 6.07 Å². The fourth-order valence-electron chi connectivity index (χ4n) is 0.758. The van der Waals surface area contributed by atoms with Crippen molar-refractivity contribution in [2.24, 2.45) is 0 Å². The quantitative estimate of drug-likeness (QED) is 0.457. The van der Waals surface area contributed by atoms with Crippen molar-refractivity contribution in [3.8, 4) is 5.75 Å². The number of hydrogen-bond donors (Lipinski definition) is 2. The molecule has 0 amide bonds. The lowest BCUT2D eigenvalue weighted by atomic mass is 10.2. The number of phenols is 1. The Labute approximate surface area is 92.0 Å². The van der Waals surface area contributed by atoms with Gasteiger partial charge in [-0.15, -0.1) is 0 Å².